The summed E-state index contributed by atoms with van der Waals surface area (Å²) >= 11 is 0.115. The van der Waals surface area contributed by atoms with Crippen LogP contribution in [-0.4, -0.2) is 35.9 Å². The molecule has 1 heterocycles. The SMILES string of the molecule is Cc1c(C(=O)OCc2ccccc2)nnn1-c1ccccc1[Se]c1ccccc1. The summed E-state index contributed by atoms with van der Waals surface area (Å²) in [5.41, 5.74) is 2.77. The number of hydrogen-bond acceptors (Lipinski definition) is 4. The maximum absolute atomic E-state index is 12.5. The number of ether oxygens (including phenoxy) is 1. The molecule has 1 aromatic heterocycles. The number of nitrogens with zero attached hydrogens (tertiary/aromatic N) is 3. The van der Waals surface area contributed by atoms with Crippen LogP contribution in [0.15, 0.2) is 84.9 Å². The van der Waals surface area contributed by atoms with Crippen LogP contribution in [0.1, 0.15) is 21.7 Å². The fourth-order valence-corrected chi connectivity index (χ4v) is 4.87. The molecule has 0 fully saturated rings. The van der Waals surface area contributed by atoms with Gasteiger partial charge in [-0.2, -0.15) is 0 Å². The quantitative estimate of drug-likeness (QED) is 0.336. The van der Waals surface area contributed by atoms with Crippen molar-refractivity contribution in [2.24, 2.45) is 0 Å². The van der Waals surface area contributed by atoms with Gasteiger partial charge >= 0.3 is 175 Å². The van der Waals surface area contributed by atoms with Crippen LogP contribution in [0, 0.1) is 6.92 Å². The number of aromatic nitrogens is 3. The van der Waals surface area contributed by atoms with E-state index in [0.29, 0.717) is 5.69 Å². The van der Waals surface area contributed by atoms with Gasteiger partial charge < -0.3 is 0 Å². The Kier molecular flexibility index (Phi) is 5.84. The Morgan fingerprint density at radius 3 is 2.34 bits per heavy atom. The predicted octanol–water partition coefficient (Wildman–Crippen LogP) is 2.59. The Morgan fingerprint density at radius 2 is 1.59 bits per heavy atom. The standard InChI is InChI=1S/C23H19N3O2Se/c1-17-22(23(27)28-16-18-10-4-2-5-11-18)24-25-26(17)20-14-8-9-15-21(20)29-19-12-6-3-7-13-19/h2-15H,16H2,1H3. The first-order chi connectivity index (χ1) is 14.2. The van der Waals surface area contributed by atoms with E-state index in [0.717, 1.165) is 11.3 Å². The first-order valence-electron chi connectivity index (χ1n) is 9.18. The van der Waals surface area contributed by atoms with Crippen molar-refractivity contribution in [3.8, 4) is 5.69 Å². The minimum atomic E-state index is -0.469. The normalized spacial score (nSPS) is 10.7. The van der Waals surface area contributed by atoms with E-state index in [2.05, 4.69) is 28.5 Å². The molecule has 0 aliphatic carbocycles. The summed E-state index contributed by atoms with van der Waals surface area (Å²) in [6, 6.07) is 28.0. The molecule has 3 aromatic carbocycles. The third-order valence-electron chi connectivity index (χ3n) is 4.37. The van der Waals surface area contributed by atoms with Gasteiger partial charge in [0.05, 0.1) is 0 Å². The van der Waals surface area contributed by atoms with Gasteiger partial charge in [-0.05, 0) is 0 Å². The van der Waals surface area contributed by atoms with Crippen molar-refractivity contribution in [3.05, 3.63) is 102 Å². The van der Waals surface area contributed by atoms with Crippen LogP contribution in [0.25, 0.3) is 5.69 Å². The van der Waals surface area contributed by atoms with Crippen LogP contribution in [0.3, 0.4) is 0 Å². The van der Waals surface area contributed by atoms with Crippen molar-refractivity contribution in [1.29, 1.82) is 0 Å². The second kappa shape index (κ2) is 8.86. The van der Waals surface area contributed by atoms with Gasteiger partial charge in [-0.25, -0.2) is 0 Å². The van der Waals surface area contributed by atoms with Gasteiger partial charge in [-0.3, -0.25) is 0 Å². The van der Waals surface area contributed by atoms with Gasteiger partial charge in [-0.1, -0.05) is 0 Å². The fraction of sp³-hybridized carbons (Fsp3) is 0.0870. The van der Waals surface area contributed by atoms with Crippen molar-refractivity contribution in [1.82, 2.24) is 15.0 Å². The molecule has 0 radical (unpaired) electrons. The van der Waals surface area contributed by atoms with E-state index < -0.39 is 5.97 Å². The maximum atomic E-state index is 12.5. The average Bonchev–Trinajstić information content (AvgIpc) is 3.15. The van der Waals surface area contributed by atoms with Gasteiger partial charge in [0.2, 0.25) is 0 Å². The van der Waals surface area contributed by atoms with Crippen molar-refractivity contribution in [2.45, 2.75) is 13.5 Å². The average molecular weight is 448 g/mol. The molecule has 5 nitrogen and oxygen atoms in total. The van der Waals surface area contributed by atoms with Gasteiger partial charge in [0.15, 0.2) is 0 Å². The molecule has 0 saturated heterocycles. The number of hydrogen-bond donors (Lipinski definition) is 0. The predicted molar refractivity (Wildman–Crippen MR) is 113 cm³/mol. The summed E-state index contributed by atoms with van der Waals surface area (Å²) < 4.78 is 9.58. The Balaban J connectivity index is 1.56. The Bertz CT molecular complexity index is 1110. The van der Waals surface area contributed by atoms with Crippen LogP contribution in [-0.2, 0) is 11.3 Å². The third kappa shape index (κ3) is 4.45. The minimum absolute atomic E-state index is 0.115. The number of esters is 1. The molecule has 4 rings (SSSR count). The Labute approximate surface area is 175 Å². The first-order valence-corrected chi connectivity index (χ1v) is 10.9. The summed E-state index contributed by atoms with van der Waals surface area (Å²) in [6.07, 6.45) is 0. The van der Waals surface area contributed by atoms with Crippen molar-refractivity contribution >= 4 is 29.8 Å². The second-order valence-electron chi connectivity index (χ2n) is 6.38. The second-order valence-corrected chi connectivity index (χ2v) is 8.72. The number of benzene rings is 3. The van der Waals surface area contributed by atoms with Crippen LogP contribution >= 0.6 is 0 Å². The number of rotatable bonds is 6. The molecule has 0 aliphatic rings. The van der Waals surface area contributed by atoms with Crippen LogP contribution < -0.4 is 8.92 Å². The van der Waals surface area contributed by atoms with E-state index >= 15 is 0 Å². The van der Waals surface area contributed by atoms with Gasteiger partial charge in [0.25, 0.3) is 0 Å². The zero-order valence-electron chi connectivity index (χ0n) is 15.9. The zero-order valence-corrected chi connectivity index (χ0v) is 17.6. The summed E-state index contributed by atoms with van der Waals surface area (Å²) in [6.45, 7) is 2.05. The number of carbonyl (C=O) groups excluding carboxylic acids is 1. The van der Waals surface area contributed by atoms with E-state index in [1.165, 1.54) is 8.92 Å². The molecule has 6 heteroatoms. The van der Waals surface area contributed by atoms with E-state index in [-0.39, 0.29) is 27.3 Å². The monoisotopic (exact) mass is 449 g/mol. The molecule has 0 aliphatic heterocycles. The number of para-hydroxylation sites is 1. The van der Waals surface area contributed by atoms with Crippen LogP contribution in [0.2, 0.25) is 0 Å². The molecule has 29 heavy (non-hydrogen) atoms. The van der Waals surface area contributed by atoms with Gasteiger partial charge in [0, 0.05) is 0 Å². The van der Waals surface area contributed by atoms with E-state index in [9.17, 15) is 4.79 Å². The van der Waals surface area contributed by atoms with Gasteiger partial charge in [-0.15, -0.1) is 0 Å². The molecule has 0 unspecified atom stereocenters. The molecule has 4 aromatic rings. The summed E-state index contributed by atoms with van der Waals surface area (Å²) in [7, 11) is 0. The summed E-state index contributed by atoms with van der Waals surface area (Å²) in [5, 5.41) is 8.34. The van der Waals surface area contributed by atoms with Crippen LogP contribution in [0.5, 0.6) is 0 Å². The van der Waals surface area contributed by atoms with Crippen molar-refractivity contribution in [3.63, 3.8) is 0 Å². The van der Waals surface area contributed by atoms with E-state index in [1.807, 2.05) is 73.7 Å². The molecule has 0 N–H and O–H groups in total. The molecule has 144 valence electrons. The van der Waals surface area contributed by atoms with E-state index in [1.54, 1.807) is 4.68 Å². The molecule has 0 spiro atoms. The fourth-order valence-electron chi connectivity index (χ4n) is 2.87. The summed E-state index contributed by atoms with van der Waals surface area (Å²) in [4.78, 5) is 12.5. The third-order valence-corrected chi connectivity index (χ3v) is 6.62. The molecule has 0 saturated carbocycles. The van der Waals surface area contributed by atoms with Crippen molar-refractivity contribution < 1.29 is 9.53 Å². The first kappa shape index (κ1) is 19.1. The van der Waals surface area contributed by atoms with Crippen molar-refractivity contribution in [2.75, 3.05) is 0 Å². The Hall–Kier alpha value is -3.21. The van der Waals surface area contributed by atoms with Gasteiger partial charge in [0.1, 0.15) is 0 Å². The molecule has 0 amide bonds. The Morgan fingerprint density at radius 1 is 0.931 bits per heavy atom. The molecular weight excluding hydrogens is 429 g/mol. The molecule has 0 atom stereocenters. The zero-order chi connectivity index (χ0) is 20.1. The van der Waals surface area contributed by atoms with E-state index in [4.69, 9.17) is 4.74 Å². The van der Waals surface area contributed by atoms with Crippen LogP contribution in [0.4, 0.5) is 0 Å². The molecular formula is C23H19N3O2Se. The topological polar surface area (TPSA) is 57.0 Å². The number of carbonyl (C=O) groups is 1. The molecule has 0 bridgehead atoms. The summed E-state index contributed by atoms with van der Waals surface area (Å²) in [5.74, 6) is -0.469.